The molecule has 0 bridgehead atoms. The highest BCUT2D eigenvalue weighted by atomic mass is 19.1. The molecule has 1 fully saturated rings. The summed E-state index contributed by atoms with van der Waals surface area (Å²) in [6.45, 7) is 1.11. The van der Waals surface area contributed by atoms with Crippen molar-refractivity contribution in [2.75, 3.05) is 13.2 Å². The first-order valence-electron chi connectivity index (χ1n) is 15.5. The van der Waals surface area contributed by atoms with Crippen LogP contribution in [0.5, 0.6) is 0 Å². The number of rotatable bonds is 21. The van der Waals surface area contributed by atoms with Crippen LogP contribution in [0.3, 0.4) is 0 Å². The second-order valence-corrected chi connectivity index (χ2v) is 11.4. The smallest absolute Gasteiger partial charge is 0.251 e. The van der Waals surface area contributed by atoms with Crippen molar-refractivity contribution in [2.24, 2.45) is 0 Å². The van der Waals surface area contributed by atoms with Crippen LogP contribution in [0, 0.1) is 5.82 Å². The highest BCUT2D eigenvalue weighted by molar-refractivity contribution is 5.94. The molecule has 1 aliphatic rings. The summed E-state index contributed by atoms with van der Waals surface area (Å²) in [4.78, 5) is 12.8. The molecule has 11 heteroatoms. The van der Waals surface area contributed by atoms with E-state index in [4.69, 9.17) is 9.47 Å². The van der Waals surface area contributed by atoms with Crippen molar-refractivity contribution in [2.45, 2.75) is 139 Å². The third kappa shape index (κ3) is 12.5. The zero-order valence-electron chi connectivity index (χ0n) is 24.8. The Bertz CT molecular complexity index is 877. The summed E-state index contributed by atoms with van der Waals surface area (Å²) in [7, 11) is 0. The molecular formula is C31H52FNO9. The first kappa shape index (κ1) is 36.5. The van der Waals surface area contributed by atoms with E-state index < -0.39 is 73.9 Å². The lowest BCUT2D eigenvalue weighted by Gasteiger charge is -2.40. The van der Waals surface area contributed by atoms with Gasteiger partial charge in [-0.15, -0.1) is 0 Å². The molecule has 1 heterocycles. The Labute approximate surface area is 248 Å². The van der Waals surface area contributed by atoms with Crippen LogP contribution >= 0.6 is 0 Å². The number of hydrogen-bond acceptors (Lipinski definition) is 9. The predicted octanol–water partition coefficient (Wildman–Crippen LogP) is 2.55. The van der Waals surface area contributed by atoms with Gasteiger partial charge in [-0.3, -0.25) is 4.79 Å². The highest BCUT2D eigenvalue weighted by Crippen LogP contribution is 2.23. The van der Waals surface area contributed by atoms with Gasteiger partial charge in [-0.1, -0.05) is 90.0 Å². The van der Waals surface area contributed by atoms with Gasteiger partial charge in [0.1, 0.15) is 36.3 Å². The second-order valence-electron chi connectivity index (χ2n) is 11.4. The van der Waals surface area contributed by atoms with Gasteiger partial charge < -0.3 is 45.4 Å². The van der Waals surface area contributed by atoms with Gasteiger partial charge in [-0.2, -0.15) is 0 Å². The SMILES string of the molecule is CCCCCCCCCCCCCCC(O)C(O)C(CO[C@H]1O[C@H](CO)[C@H](O)[C@H](O)[C@H]1O)NC(=O)c1cccc(F)c1. The fourth-order valence-electron chi connectivity index (χ4n) is 5.14. The van der Waals surface area contributed by atoms with Crippen molar-refractivity contribution in [1.29, 1.82) is 0 Å². The first-order valence-corrected chi connectivity index (χ1v) is 15.5. The Morgan fingerprint density at radius 1 is 0.929 bits per heavy atom. The lowest BCUT2D eigenvalue weighted by Crippen LogP contribution is -2.60. The van der Waals surface area contributed by atoms with Crippen molar-refractivity contribution >= 4 is 5.91 Å². The maximum absolute atomic E-state index is 13.7. The second kappa shape index (κ2) is 20.3. The van der Waals surface area contributed by atoms with Crippen LogP contribution < -0.4 is 5.32 Å². The maximum atomic E-state index is 13.7. The zero-order valence-corrected chi connectivity index (χ0v) is 24.8. The van der Waals surface area contributed by atoms with E-state index in [1.165, 1.54) is 69.6 Å². The fourth-order valence-corrected chi connectivity index (χ4v) is 5.14. The average molecular weight is 602 g/mol. The zero-order chi connectivity index (χ0) is 30.9. The van der Waals surface area contributed by atoms with Crippen LogP contribution in [-0.4, -0.2) is 98.7 Å². The summed E-state index contributed by atoms with van der Waals surface area (Å²) in [5, 5.41) is 63.9. The van der Waals surface area contributed by atoms with Crippen LogP contribution in [0.1, 0.15) is 101 Å². The van der Waals surface area contributed by atoms with Crippen molar-refractivity contribution < 1.29 is 49.3 Å². The minimum Gasteiger partial charge on any atom is -0.394 e. The third-order valence-electron chi connectivity index (χ3n) is 7.85. The molecule has 2 rings (SSSR count). The standard InChI is InChI=1S/C31H52FNO9/c1-2-3-4-5-6-7-8-9-10-11-12-13-17-24(35)26(36)23(33-30(40)21-15-14-16-22(32)18-21)20-41-31-29(39)28(38)27(37)25(19-34)42-31/h14-16,18,23-29,31,34-39H,2-13,17,19-20H2,1H3,(H,33,40)/t23?,24?,25-,26?,27+,28+,29-,31+/m1/s1. The van der Waals surface area contributed by atoms with Gasteiger partial charge in [-0.05, 0) is 24.6 Å². The molecule has 1 aliphatic heterocycles. The molecule has 0 aliphatic carbocycles. The molecule has 242 valence electrons. The number of carbonyl (C=O) groups excluding carboxylic acids is 1. The molecule has 1 amide bonds. The van der Waals surface area contributed by atoms with E-state index in [-0.39, 0.29) is 12.0 Å². The topological polar surface area (TPSA) is 169 Å². The number of nitrogens with one attached hydrogen (secondary N) is 1. The quantitative estimate of drug-likeness (QED) is 0.105. The minimum atomic E-state index is -1.68. The Hall–Kier alpha value is -1.70. The summed E-state index contributed by atoms with van der Waals surface area (Å²) in [6, 6.07) is 3.77. The number of unbranched alkanes of at least 4 members (excludes halogenated alkanes) is 11. The van der Waals surface area contributed by atoms with Gasteiger partial charge in [-0.25, -0.2) is 4.39 Å². The predicted molar refractivity (Wildman–Crippen MR) is 155 cm³/mol. The van der Waals surface area contributed by atoms with E-state index >= 15 is 0 Å². The molecule has 42 heavy (non-hydrogen) atoms. The van der Waals surface area contributed by atoms with Gasteiger partial charge in [0.25, 0.3) is 5.91 Å². The van der Waals surface area contributed by atoms with E-state index in [1.54, 1.807) is 0 Å². The largest absolute Gasteiger partial charge is 0.394 e. The van der Waals surface area contributed by atoms with Gasteiger partial charge in [0.15, 0.2) is 6.29 Å². The fraction of sp³-hybridized carbons (Fsp3) is 0.774. The number of amides is 1. The number of hydrogen-bond donors (Lipinski definition) is 7. The summed E-state index contributed by atoms with van der Waals surface area (Å²) in [5.74, 6) is -1.34. The molecule has 0 spiro atoms. The van der Waals surface area contributed by atoms with Gasteiger partial charge in [0.05, 0.1) is 25.4 Å². The molecule has 0 radical (unpaired) electrons. The molecule has 1 saturated heterocycles. The number of aliphatic hydroxyl groups is 6. The highest BCUT2D eigenvalue weighted by Gasteiger charge is 2.44. The summed E-state index contributed by atoms with van der Waals surface area (Å²) in [5.41, 5.74) is -0.00418. The normalized spacial score (nSPS) is 24.7. The lowest BCUT2D eigenvalue weighted by molar-refractivity contribution is -0.303. The number of benzene rings is 1. The van der Waals surface area contributed by atoms with E-state index in [9.17, 15) is 39.8 Å². The first-order chi connectivity index (χ1) is 20.2. The van der Waals surface area contributed by atoms with Crippen molar-refractivity contribution in [3.05, 3.63) is 35.6 Å². The van der Waals surface area contributed by atoms with Gasteiger partial charge >= 0.3 is 0 Å². The van der Waals surface area contributed by atoms with Gasteiger partial charge in [0.2, 0.25) is 0 Å². The number of carbonyl (C=O) groups is 1. The Morgan fingerprint density at radius 3 is 2.10 bits per heavy atom. The Kier molecular flexibility index (Phi) is 17.6. The third-order valence-corrected chi connectivity index (χ3v) is 7.85. The average Bonchev–Trinajstić information content (AvgIpc) is 2.98. The van der Waals surface area contributed by atoms with Crippen LogP contribution in [0.2, 0.25) is 0 Å². The lowest BCUT2D eigenvalue weighted by atomic mass is 9.98. The molecule has 3 unspecified atom stereocenters. The van der Waals surface area contributed by atoms with Crippen molar-refractivity contribution in [3.63, 3.8) is 0 Å². The summed E-state index contributed by atoms with van der Waals surface area (Å²) in [6.07, 6.45) is 3.88. The number of aliphatic hydroxyl groups excluding tert-OH is 6. The van der Waals surface area contributed by atoms with E-state index in [0.717, 1.165) is 25.3 Å². The van der Waals surface area contributed by atoms with E-state index in [1.807, 2.05) is 0 Å². The summed E-state index contributed by atoms with van der Waals surface area (Å²) < 4.78 is 24.5. The van der Waals surface area contributed by atoms with Crippen LogP contribution in [-0.2, 0) is 9.47 Å². The molecule has 7 N–H and O–H groups in total. The molecule has 8 atom stereocenters. The van der Waals surface area contributed by atoms with Crippen molar-refractivity contribution in [1.82, 2.24) is 5.32 Å². The van der Waals surface area contributed by atoms with Crippen molar-refractivity contribution in [3.8, 4) is 0 Å². The number of halogens is 1. The maximum Gasteiger partial charge on any atom is 0.251 e. The van der Waals surface area contributed by atoms with Crippen LogP contribution in [0.25, 0.3) is 0 Å². The molecular weight excluding hydrogens is 549 g/mol. The van der Waals surface area contributed by atoms with Crippen LogP contribution in [0.15, 0.2) is 24.3 Å². The Balaban J connectivity index is 1.86. The Morgan fingerprint density at radius 2 is 1.52 bits per heavy atom. The molecule has 1 aromatic rings. The summed E-state index contributed by atoms with van der Waals surface area (Å²) >= 11 is 0. The minimum absolute atomic E-state index is 0.00418. The molecule has 10 nitrogen and oxygen atoms in total. The number of ether oxygens (including phenoxy) is 2. The van der Waals surface area contributed by atoms with E-state index in [2.05, 4.69) is 12.2 Å². The molecule has 1 aromatic carbocycles. The van der Waals surface area contributed by atoms with Crippen LogP contribution in [0.4, 0.5) is 4.39 Å². The monoisotopic (exact) mass is 601 g/mol. The molecule has 0 saturated carbocycles. The van der Waals surface area contributed by atoms with Gasteiger partial charge in [0, 0.05) is 5.56 Å². The molecule has 0 aromatic heterocycles. The van der Waals surface area contributed by atoms with E-state index in [0.29, 0.717) is 6.42 Å².